The fourth-order valence-electron chi connectivity index (χ4n) is 3.77. The van der Waals surface area contributed by atoms with Gasteiger partial charge in [-0.3, -0.25) is 14.8 Å². The Balaban J connectivity index is 1.31. The molecule has 3 heterocycles. The van der Waals surface area contributed by atoms with E-state index < -0.39 is 0 Å². The molecule has 148 valence electrons. The highest BCUT2D eigenvalue weighted by Crippen LogP contribution is 2.22. The van der Waals surface area contributed by atoms with Crippen molar-refractivity contribution in [1.29, 1.82) is 0 Å². The number of nitrogens with one attached hydrogen (secondary N) is 2. The van der Waals surface area contributed by atoms with E-state index >= 15 is 0 Å². The summed E-state index contributed by atoms with van der Waals surface area (Å²) in [6.07, 6.45) is 2.31. The highest BCUT2D eigenvalue weighted by molar-refractivity contribution is 7.09. The van der Waals surface area contributed by atoms with E-state index in [4.69, 9.17) is 4.98 Å². The molecule has 1 amide bonds. The summed E-state index contributed by atoms with van der Waals surface area (Å²) in [5.74, 6) is 0.843. The standard InChI is InChI=1S/C21H27N5OS/c1-14(2)18-13-28-19(23-18)12-26-9-5-6-15(11-26)10-22-21(27)20-16-7-3-4-8-17(16)24-25-20/h3-4,7-8,13-15H,5-6,9-12H2,1-2H3,(H,22,27)(H,24,25)/t15-/m0/s1. The average Bonchev–Trinajstić information content (AvgIpc) is 3.33. The van der Waals surface area contributed by atoms with E-state index in [2.05, 4.69) is 39.6 Å². The molecule has 0 radical (unpaired) electrons. The number of likely N-dealkylation sites (tertiary alicyclic amines) is 1. The van der Waals surface area contributed by atoms with Crippen LogP contribution in [0.25, 0.3) is 10.9 Å². The van der Waals surface area contributed by atoms with E-state index in [0.717, 1.165) is 43.4 Å². The number of amides is 1. The molecular formula is C21H27N5OS. The van der Waals surface area contributed by atoms with Crippen molar-refractivity contribution in [2.24, 2.45) is 5.92 Å². The maximum Gasteiger partial charge on any atom is 0.272 e. The molecule has 0 spiro atoms. The topological polar surface area (TPSA) is 73.9 Å². The minimum atomic E-state index is -0.101. The molecule has 0 saturated carbocycles. The van der Waals surface area contributed by atoms with Crippen molar-refractivity contribution in [1.82, 2.24) is 25.4 Å². The van der Waals surface area contributed by atoms with Crippen molar-refractivity contribution >= 4 is 28.1 Å². The first-order valence-corrected chi connectivity index (χ1v) is 10.9. The number of benzene rings is 1. The van der Waals surface area contributed by atoms with Crippen LogP contribution in [0.3, 0.4) is 0 Å². The number of hydrogen-bond donors (Lipinski definition) is 2. The number of nitrogens with zero attached hydrogens (tertiary/aromatic N) is 3. The number of piperidine rings is 1. The number of H-pyrrole nitrogens is 1. The van der Waals surface area contributed by atoms with Crippen molar-refractivity contribution < 1.29 is 4.79 Å². The SMILES string of the molecule is CC(C)c1csc(CN2CCC[C@@H](CNC(=O)c3n[nH]c4ccccc34)C2)n1. The van der Waals surface area contributed by atoms with Crippen LogP contribution in [0.2, 0.25) is 0 Å². The Morgan fingerprint density at radius 2 is 2.25 bits per heavy atom. The number of carbonyl (C=O) groups excluding carboxylic acids is 1. The second-order valence-corrected chi connectivity index (χ2v) is 8.83. The first kappa shape index (κ1) is 19.1. The number of aromatic nitrogens is 3. The maximum absolute atomic E-state index is 12.6. The van der Waals surface area contributed by atoms with Crippen LogP contribution >= 0.6 is 11.3 Å². The number of aromatic amines is 1. The van der Waals surface area contributed by atoms with Gasteiger partial charge in [-0.2, -0.15) is 5.10 Å². The van der Waals surface area contributed by atoms with E-state index in [0.29, 0.717) is 24.1 Å². The molecule has 6 nitrogen and oxygen atoms in total. The number of fused-ring (bicyclic) bond motifs is 1. The van der Waals surface area contributed by atoms with E-state index in [1.165, 1.54) is 10.7 Å². The van der Waals surface area contributed by atoms with Crippen molar-refractivity contribution in [3.05, 3.63) is 46.0 Å². The van der Waals surface area contributed by atoms with Gasteiger partial charge in [-0.15, -0.1) is 11.3 Å². The fourth-order valence-corrected chi connectivity index (χ4v) is 4.77. The zero-order valence-corrected chi connectivity index (χ0v) is 17.3. The predicted molar refractivity (Wildman–Crippen MR) is 113 cm³/mol. The Labute approximate surface area is 169 Å². The Bertz CT molecular complexity index is 947. The fraction of sp³-hybridized carbons (Fsp3) is 0.476. The average molecular weight is 398 g/mol. The van der Waals surface area contributed by atoms with Crippen molar-refractivity contribution in [3.63, 3.8) is 0 Å². The van der Waals surface area contributed by atoms with Gasteiger partial charge in [0.15, 0.2) is 5.69 Å². The van der Waals surface area contributed by atoms with Crippen LogP contribution in [-0.2, 0) is 6.54 Å². The molecule has 0 bridgehead atoms. The second-order valence-electron chi connectivity index (χ2n) is 7.89. The number of thiazole rings is 1. The van der Waals surface area contributed by atoms with Crippen molar-refractivity contribution in [2.75, 3.05) is 19.6 Å². The van der Waals surface area contributed by atoms with Gasteiger partial charge in [-0.25, -0.2) is 4.98 Å². The number of hydrogen-bond acceptors (Lipinski definition) is 5. The summed E-state index contributed by atoms with van der Waals surface area (Å²) < 4.78 is 0. The summed E-state index contributed by atoms with van der Waals surface area (Å²) in [5, 5.41) is 14.4. The third-order valence-corrected chi connectivity index (χ3v) is 6.21. The molecule has 1 aromatic carbocycles. The molecule has 7 heteroatoms. The van der Waals surface area contributed by atoms with E-state index in [9.17, 15) is 4.79 Å². The van der Waals surface area contributed by atoms with Crippen molar-refractivity contribution in [3.8, 4) is 0 Å². The Morgan fingerprint density at radius 1 is 1.39 bits per heavy atom. The van der Waals surface area contributed by atoms with Crippen molar-refractivity contribution in [2.45, 2.75) is 39.2 Å². The van der Waals surface area contributed by atoms with E-state index in [-0.39, 0.29) is 5.91 Å². The van der Waals surface area contributed by atoms with Crippen LogP contribution in [0, 0.1) is 5.92 Å². The summed E-state index contributed by atoms with van der Waals surface area (Å²) in [4.78, 5) is 19.8. The Morgan fingerprint density at radius 3 is 3.07 bits per heavy atom. The van der Waals surface area contributed by atoms with Gasteiger partial charge in [-0.05, 0) is 37.3 Å². The zero-order chi connectivity index (χ0) is 19.5. The summed E-state index contributed by atoms with van der Waals surface area (Å²) in [6, 6.07) is 7.72. The van der Waals surface area contributed by atoms with Crippen LogP contribution in [0.5, 0.6) is 0 Å². The summed E-state index contributed by atoms with van der Waals surface area (Å²) in [7, 11) is 0. The van der Waals surface area contributed by atoms with Gasteiger partial charge in [0.25, 0.3) is 5.91 Å². The lowest BCUT2D eigenvalue weighted by Crippen LogP contribution is -2.40. The highest BCUT2D eigenvalue weighted by atomic mass is 32.1. The summed E-state index contributed by atoms with van der Waals surface area (Å²) in [5.41, 5.74) is 2.56. The monoisotopic (exact) mass is 397 g/mol. The van der Waals surface area contributed by atoms with Crippen LogP contribution in [0.1, 0.15) is 53.8 Å². The maximum atomic E-state index is 12.6. The molecule has 4 rings (SSSR count). The molecular weight excluding hydrogens is 370 g/mol. The molecule has 1 aliphatic rings. The lowest BCUT2D eigenvalue weighted by Gasteiger charge is -2.32. The van der Waals surface area contributed by atoms with Gasteiger partial charge in [0, 0.05) is 23.9 Å². The van der Waals surface area contributed by atoms with Crippen LogP contribution in [0.15, 0.2) is 29.6 Å². The summed E-state index contributed by atoms with van der Waals surface area (Å²) in [6.45, 7) is 8.06. The molecule has 3 aromatic rings. The van der Waals surface area contributed by atoms with Crippen LogP contribution < -0.4 is 5.32 Å². The van der Waals surface area contributed by atoms with Gasteiger partial charge in [0.1, 0.15) is 5.01 Å². The zero-order valence-electron chi connectivity index (χ0n) is 16.4. The minimum Gasteiger partial charge on any atom is -0.350 e. The summed E-state index contributed by atoms with van der Waals surface area (Å²) >= 11 is 1.76. The molecule has 0 aliphatic carbocycles. The normalized spacial score (nSPS) is 18.0. The largest absolute Gasteiger partial charge is 0.350 e. The highest BCUT2D eigenvalue weighted by Gasteiger charge is 2.22. The predicted octanol–water partition coefficient (Wildman–Crippen LogP) is 3.78. The van der Waals surface area contributed by atoms with Gasteiger partial charge >= 0.3 is 0 Å². The van der Waals surface area contributed by atoms with Gasteiger partial charge in [0.05, 0.1) is 17.8 Å². The number of rotatable bonds is 6. The molecule has 2 aromatic heterocycles. The number of carbonyl (C=O) groups is 1. The Hall–Kier alpha value is -2.25. The molecule has 1 aliphatic heterocycles. The third kappa shape index (κ3) is 4.25. The number of para-hydroxylation sites is 1. The first-order chi connectivity index (χ1) is 13.6. The quantitative estimate of drug-likeness (QED) is 0.664. The lowest BCUT2D eigenvalue weighted by atomic mass is 9.98. The van der Waals surface area contributed by atoms with E-state index in [1.807, 2.05) is 24.3 Å². The molecule has 0 unspecified atom stereocenters. The van der Waals surface area contributed by atoms with E-state index in [1.54, 1.807) is 11.3 Å². The lowest BCUT2D eigenvalue weighted by molar-refractivity contribution is 0.0927. The van der Waals surface area contributed by atoms with Crippen LogP contribution in [-0.4, -0.2) is 45.6 Å². The molecule has 2 N–H and O–H groups in total. The minimum absolute atomic E-state index is 0.101. The van der Waals surface area contributed by atoms with Gasteiger partial charge in [-0.1, -0.05) is 32.0 Å². The smallest absolute Gasteiger partial charge is 0.272 e. The molecule has 1 atom stereocenters. The molecule has 28 heavy (non-hydrogen) atoms. The second kappa shape index (κ2) is 8.41. The van der Waals surface area contributed by atoms with Crippen LogP contribution in [0.4, 0.5) is 0 Å². The Kier molecular flexibility index (Phi) is 5.73. The third-order valence-electron chi connectivity index (χ3n) is 5.36. The van der Waals surface area contributed by atoms with Gasteiger partial charge < -0.3 is 5.32 Å². The molecule has 1 fully saturated rings. The molecule has 1 saturated heterocycles. The first-order valence-electron chi connectivity index (χ1n) is 9.98. The van der Waals surface area contributed by atoms with Gasteiger partial charge in [0.2, 0.25) is 0 Å².